The van der Waals surface area contributed by atoms with Gasteiger partial charge in [-0.2, -0.15) is 5.10 Å². The highest BCUT2D eigenvalue weighted by Crippen LogP contribution is 2.24. The van der Waals surface area contributed by atoms with E-state index in [0.717, 1.165) is 28.7 Å². The Hall–Kier alpha value is -2.69. The zero-order valence-corrected chi connectivity index (χ0v) is 14.3. The van der Waals surface area contributed by atoms with Crippen molar-refractivity contribution in [1.82, 2.24) is 20.1 Å². The van der Waals surface area contributed by atoms with Crippen molar-refractivity contribution < 1.29 is 4.79 Å². The molecular formula is C19H22N4O. The zero-order valence-electron chi connectivity index (χ0n) is 14.3. The Morgan fingerprint density at radius 1 is 1.29 bits per heavy atom. The van der Waals surface area contributed by atoms with Crippen molar-refractivity contribution in [3.63, 3.8) is 0 Å². The zero-order chi connectivity index (χ0) is 17.1. The number of carbonyl (C=O) groups excluding carboxylic acids is 1. The number of benzene rings is 1. The lowest BCUT2D eigenvalue weighted by atomic mass is 10.0. The van der Waals surface area contributed by atoms with E-state index in [4.69, 9.17) is 4.98 Å². The van der Waals surface area contributed by atoms with E-state index in [1.165, 1.54) is 0 Å². The predicted molar refractivity (Wildman–Crippen MR) is 95.8 cm³/mol. The van der Waals surface area contributed by atoms with Crippen LogP contribution in [0.25, 0.3) is 22.2 Å². The molecule has 24 heavy (non-hydrogen) atoms. The number of nitrogens with zero attached hydrogens (tertiary/aromatic N) is 3. The molecule has 0 aliphatic heterocycles. The van der Waals surface area contributed by atoms with Gasteiger partial charge in [0.2, 0.25) is 0 Å². The molecule has 3 rings (SSSR count). The second kappa shape index (κ2) is 6.83. The summed E-state index contributed by atoms with van der Waals surface area (Å²) in [6.45, 7) is 7.65. The van der Waals surface area contributed by atoms with Gasteiger partial charge in [-0.15, -0.1) is 0 Å². The van der Waals surface area contributed by atoms with Crippen LogP contribution in [0.3, 0.4) is 0 Å². The van der Waals surface area contributed by atoms with E-state index in [9.17, 15) is 4.79 Å². The molecule has 3 aromatic rings. The van der Waals surface area contributed by atoms with E-state index in [0.29, 0.717) is 18.0 Å². The van der Waals surface area contributed by atoms with Gasteiger partial charge in [0, 0.05) is 30.2 Å². The minimum absolute atomic E-state index is 0.0635. The van der Waals surface area contributed by atoms with E-state index < -0.39 is 0 Å². The lowest BCUT2D eigenvalue weighted by Crippen LogP contribution is -2.27. The van der Waals surface area contributed by atoms with Crippen molar-refractivity contribution in [3.05, 3.63) is 48.3 Å². The number of hydrogen-bond donors (Lipinski definition) is 1. The number of fused-ring (bicyclic) bond motifs is 1. The second-order valence-electron chi connectivity index (χ2n) is 6.26. The fraction of sp³-hybridized carbons (Fsp3) is 0.316. The number of amides is 1. The first-order valence-corrected chi connectivity index (χ1v) is 8.29. The van der Waals surface area contributed by atoms with E-state index in [-0.39, 0.29) is 5.91 Å². The lowest BCUT2D eigenvalue weighted by molar-refractivity contribution is 0.0950. The van der Waals surface area contributed by atoms with Crippen molar-refractivity contribution in [2.24, 2.45) is 5.92 Å². The van der Waals surface area contributed by atoms with Crippen molar-refractivity contribution in [2.45, 2.75) is 27.3 Å². The molecule has 0 radical (unpaired) electrons. The van der Waals surface area contributed by atoms with Crippen molar-refractivity contribution >= 4 is 16.8 Å². The van der Waals surface area contributed by atoms with Crippen molar-refractivity contribution in [1.29, 1.82) is 0 Å². The molecular weight excluding hydrogens is 300 g/mol. The maximum atomic E-state index is 12.6. The minimum atomic E-state index is -0.0635. The van der Waals surface area contributed by atoms with Gasteiger partial charge in [-0.05, 0) is 25.0 Å². The van der Waals surface area contributed by atoms with Crippen molar-refractivity contribution in [2.75, 3.05) is 6.54 Å². The maximum Gasteiger partial charge on any atom is 0.252 e. The first kappa shape index (κ1) is 16.2. The Morgan fingerprint density at radius 2 is 2.08 bits per heavy atom. The van der Waals surface area contributed by atoms with Gasteiger partial charge in [0.1, 0.15) is 0 Å². The van der Waals surface area contributed by atoms with Crippen LogP contribution >= 0.6 is 0 Å². The Labute approximate surface area is 141 Å². The summed E-state index contributed by atoms with van der Waals surface area (Å²) in [4.78, 5) is 17.3. The Bertz CT molecular complexity index is 867. The highest BCUT2D eigenvalue weighted by Gasteiger charge is 2.14. The molecule has 2 heterocycles. The van der Waals surface area contributed by atoms with Gasteiger partial charge in [-0.3, -0.25) is 9.48 Å². The smallest absolute Gasteiger partial charge is 0.252 e. The topological polar surface area (TPSA) is 59.8 Å². The lowest BCUT2D eigenvalue weighted by Gasteiger charge is -2.11. The fourth-order valence-electron chi connectivity index (χ4n) is 2.57. The van der Waals surface area contributed by atoms with Crippen LogP contribution in [0.15, 0.2) is 42.7 Å². The third-order valence-electron chi connectivity index (χ3n) is 3.88. The van der Waals surface area contributed by atoms with Gasteiger partial charge < -0.3 is 5.32 Å². The second-order valence-corrected chi connectivity index (χ2v) is 6.26. The van der Waals surface area contributed by atoms with E-state index >= 15 is 0 Å². The van der Waals surface area contributed by atoms with Crippen LogP contribution in [0.5, 0.6) is 0 Å². The molecule has 1 N–H and O–H groups in total. The summed E-state index contributed by atoms with van der Waals surface area (Å²) in [6, 6.07) is 9.59. The Balaban J connectivity index is 2.07. The molecule has 0 aliphatic carbocycles. The number of carbonyl (C=O) groups is 1. The summed E-state index contributed by atoms with van der Waals surface area (Å²) in [7, 11) is 0. The molecule has 0 spiro atoms. The van der Waals surface area contributed by atoms with E-state index in [1.54, 1.807) is 6.20 Å². The number of nitrogens with one attached hydrogen (secondary N) is 1. The van der Waals surface area contributed by atoms with Crippen LogP contribution in [0.2, 0.25) is 0 Å². The normalized spacial score (nSPS) is 11.2. The highest BCUT2D eigenvalue weighted by atomic mass is 16.1. The fourth-order valence-corrected chi connectivity index (χ4v) is 2.57. The predicted octanol–water partition coefficient (Wildman–Crippen LogP) is 3.50. The van der Waals surface area contributed by atoms with Gasteiger partial charge in [0.25, 0.3) is 5.91 Å². The molecule has 5 heteroatoms. The van der Waals surface area contributed by atoms with Crippen LogP contribution in [-0.4, -0.2) is 27.2 Å². The molecule has 1 amide bonds. The molecule has 0 aliphatic rings. The Morgan fingerprint density at radius 3 is 2.79 bits per heavy atom. The number of hydrogen-bond acceptors (Lipinski definition) is 3. The van der Waals surface area contributed by atoms with Crippen LogP contribution in [0.4, 0.5) is 0 Å². The van der Waals surface area contributed by atoms with Gasteiger partial charge >= 0.3 is 0 Å². The monoisotopic (exact) mass is 322 g/mol. The van der Waals surface area contributed by atoms with Crippen LogP contribution < -0.4 is 5.32 Å². The first-order chi connectivity index (χ1) is 11.6. The third kappa shape index (κ3) is 3.30. The number of aromatic nitrogens is 3. The van der Waals surface area contributed by atoms with E-state index in [1.807, 2.05) is 48.1 Å². The van der Waals surface area contributed by atoms with Gasteiger partial charge in [-0.25, -0.2) is 4.98 Å². The number of pyridine rings is 1. The maximum absolute atomic E-state index is 12.6. The summed E-state index contributed by atoms with van der Waals surface area (Å²) >= 11 is 0. The molecule has 0 atom stereocenters. The van der Waals surface area contributed by atoms with Crippen LogP contribution in [0, 0.1) is 5.92 Å². The van der Waals surface area contributed by atoms with Crippen molar-refractivity contribution in [3.8, 4) is 11.3 Å². The molecule has 2 aromatic heterocycles. The molecule has 1 aromatic carbocycles. The van der Waals surface area contributed by atoms with E-state index in [2.05, 4.69) is 24.3 Å². The summed E-state index contributed by atoms with van der Waals surface area (Å²) in [5, 5.41) is 8.17. The quantitative estimate of drug-likeness (QED) is 0.782. The molecule has 0 fully saturated rings. The first-order valence-electron chi connectivity index (χ1n) is 8.29. The molecule has 5 nitrogen and oxygen atoms in total. The highest BCUT2D eigenvalue weighted by molar-refractivity contribution is 6.07. The molecule has 0 bridgehead atoms. The van der Waals surface area contributed by atoms with Gasteiger partial charge in [0.05, 0.1) is 23.0 Å². The summed E-state index contributed by atoms with van der Waals surface area (Å²) in [5.41, 5.74) is 3.15. The molecule has 0 unspecified atom stereocenters. The van der Waals surface area contributed by atoms with Gasteiger partial charge in [0.15, 0.2) is 0 Å². The standard InChI is InChI=1S/C19H22N4O/c1-4-23-12-14(11-21-23)18-9-16(19(24)20-10-13(2)3)15-7-5-6-8-17(15)22-18/h5-9,11-13H,4,10H2,1-3H3,(H,20,24). The summed E-state index contributed by atoms with van der Waals surface area (Å²) in [5.74, 6) is 0.343. The average molecular weight is 322 g/mol. The van der Waals surface area contributed by atoms with Gasteiger partial charge in [-0.1, -0.05) is 32.0 Å². The Kier molecular flexibility index (Phi) is 4.60. The largest absolute Gasteiger partial charge is 0.352 e. The van der Waals surface area contributed by atoms with Crippen LogP contribution in [0.1, 0.15) is 31.1 Å². The molecule has 0 saturated heterocycles. The molecule has 0 saturated carbocycles. The number of para-hydroxylation sites is 1. The van der Waals surface area contributed by atoms with Crippen LogP contribution in [-0.2, 0) is 6.54 Å². The number of rotatable bonds is 5. The summed E-state index contributed by atoms with van der Waals surface area (Å²) < 4.78 is 1.85. The summed E-state index contributed by atoms with van der Waals surface area (Å²) in [6.07, 6.45) is 3.74. The number of aryl methyl sites for hydroxylation is 1. The minimum Gasteiger partial charge on any atom is -0.352 e. The SMILES string of the molecule is CCn1cc(-c2cc(C(=O)NCC(C)C)c3ccccc3n2)cn1. The molecule has 124 valence electrons. The third-order valence-corrected chi connectivity index (χ3v) is 3.88. The average Bonchev–Trinajstić information content (AvgIpc) is 3.08.